The highest BCUT2D eigenvalue weighted by Crippen LogP contribution is 2.25. The summed E-state index contributed by atoms with van der Waals surface area (Å²) in [5.74, 6) is -0.482. The van der Waals surface area contributed by atoms with Crippen molar-refractivity contribution in [2.45, 2.75) is 37.5 Å². The van der Waals surface area contributed by atoms with Gasteiger partial charge in [0.1, 0.15) is 0 Å². The number of nitrogens with one attached hydrogen (secondary N) is 1. The van der Waals surface area contributed by atoms with Crippen LogP contribution in [0.1, 0.15) is 43.0 Å². The van der Waals surface area contributed by atoms with Crippen LogP contribution in [-0.4, -0.2) is 25.9 Å². The van der Waals surface area contributed by atoms with Gasteiger partial charge >= 0.3 is 5.97 Å². The summed E-state index contributed by atoms with van der Waals surface area (Å²) in [7, 11) is -4.15. The molecule has 0 spiro atoms. The third kappa shape index (κ3) is 5.78. The lowest BCUT2D eigenvalue weighted by Gasteiger charge is -2.09. The SMILES string of the molecule is CCCCCCOC(=O)c1ccc(NS(=O)(=O)c2ccccc2[N+](=O)[O-])cc1. The Morgan fingerprint density at radius 1 is 1.07 bits per heavy atom. The van der Waals surface area contributed by atoms with Gasteiger partial charge in [0, 0.05) is 11.8 Å². The number of hydrogen-bond donors (Lipinski definition) is 1. The standard InChI is InChI=1S/C19H22N2O6S/c1-2-3-4-7-14-27-19(22)15-10-12-16(13-11-15)20-28(25,26)18-9-6-5-8-17(18)21(23)24/h5-6,8-13,20H,2-4,7,14H2,1H3. The zero-order valence-electron chi connectivity index (χ0n) is 15.5. The molecule has 2 aromatic rings. The Bertz CT molecular complexity index is 926. The van der Waals surface area contributed by atoms with Crippen molar-refractivity contribution in [2.24, 2.45) is 0 Å². The number of sulfonamides is 1. The summed E-state index contributed by atoms with van der Waals surface area (Å²) in [5.41, 5.74) is -0.0416. The third-order valence-corrected chi connectivity index (χ3v) is 5.38. The van der Waals surface area contributed by atoms with Gasteiger partial charge in [0.15, 0.2) is 4.90 Å². The minimum absolute atomic E-state index is 0.178. The van der Waals surface area contributed by atoms with Crippen molar-refractivity contribution in [1.29, 1.82) is 0 Å². The van der Waals surface area contributed by atoms with Crippen molar-refractivity contribution in [2.75, 3.05) is 11.3 Å². The monoisotopic (exact) mass is 406 g/mol. The number of benzene rings is 2. The van der Waals surface area contributed by atoms with Gasteiger partial charge in [0.25, 0.3) is 15.7 Å². The number of para-hydroxylation sites is 1. The van der Waals surface area contributed by atoms with Gasteiger partial charge in [0.05, 0.1) is 17.1 Å². The molecule has 0 aliphatic heterocycles. The molecule has 0 amide bonds. The number of unbranched alkanes of at least 4 members (excludes halogenated alkanes) is 3. The molecule has 0 unspecified atom stereocenters. The van der Waals surface area contributed by atoms with Crippen molar-refractivity contribution >= 4 is 27.4 Å². The second-order valence-corrected chi connectivity index (χ2v) is 7.76. The zero-order chi connectivity index (χ0) is 20.6. The van der Waals surface area contributed by atoms with Crippen LogP contribution in [0, 0.1) is 10.1 Å². The molecule has 0 bridgehead atoms. The first kappa shape index (κ1) is 21.4. The van der Waals surface area contributed by atoms with Gasteiger partial charge in [-0.2, -0.15) is 0 Å². The fourth-order valence-electron chi connectivity index (χ4n) is 2.50. The summed E-state index contributed by atoms with van der Waals surface area (Å²) >= 11 is 0. The Labute approximate surface area is 163 Å². The molecule has 8 nitrogen and oxygen atoms in total. The number of ether oxygens (including phenoxy) is 1. The highest BCUT2D eigenvalue weighted by atomic mass is 32.2. The summed E-state index contributed by atoms with van der Waals surface area (Å²) in [6, 6.07) is 10.7. The van der Waals surface area contributed by atoms with E-state index in [1.54, 1.807) is 0 Å². The van der Waals surface area contributed by atoms with Gasteiger partial charge in [-0.1, -0.05) is 38.3 Å². The van der Waals surface area contributed by atoms with Crippen LogP contribution >= 0.6 is 0 Å². The van der Waals surface area contributed by atoms with Crippen LogP contribution in [0.5, 0.6) is 0 Å². The molecule has 0 aromatic heterocycles. The van der Waals surface area contributed by atoms with Crippen LogP contribution in [0.25, 0.3) is 0 Å². The van der Waals surface area contributed by atoms with Crippen molar-refractivity contribution in [3.8, 4) is 0 Å². The summed E-state index contributed by atoms with van der Waals surface area (Å²) in [6.45, 7) is 2.43. The molecule has 0 radical (unpaired) electrons. The maximum absolute atomic E-state index is 12.5. The number of hydrogen-bond acceptors (Lipinski definition) is 6. The Morgan fingerprint density at radius 2 is 1.75 bits per heavy atom. The van der Waals surface area contributed by atoms with Gasteiger partial charge in [-0.3, -0.25) is 14.8 Å². The molecular weight excluding hydrogens is 384 g/mol. The van der Waals surface area contributed by atoms with Crippen molar-refractivity contribution in [3.05, 3.63) is 64.2 Å². The molecule has 0 atom stereocenters. The van der Waals surface area contributed by atoms with Crippen LogP contribution in [0.15, 0.2) is 53.4 Å². The Morgan fingerprint density at radius 3 is 2.39 bits per heavy atom. The second kappa shape index (κ2) is 9.84. The Kier molecular flexibility index (Phi) is 7.51. The predicted molar refractivity (Wildman–Crippen MR) is 105 cm³/mol. The first-order valence-corrected chi connectivity index (χ1v) is 10.4. The van der Waals surface area contributed by atoms with Crippen molar-refractivity contribution in [1.82, 2.24) is 0 Å². The average molecular weight is 406 g/mol. The van der Waals surface area contributed by atoms with E-state index >= 15 is 0 Å². The van der Waals surface area contributed by atoms with E-state index in [0.29, 0.717) is 12.2 Å². The number of esters is 1. The molecule has 2 rings (SSSR count). The maximum Gasteiger partial charge on any atom is 0.338 e. The highest BCUT2D eigenvalue weighted by molar-refractivity contribution is 7.92. The lowest BCUT2D eigenvalue weighted by Crippen LogP contribution is -2.15. The minimum atomic E-state index is -4.15. The number of anilines is 1. The average Bonchev–Trinajstić information content (AvgIpc) is 2.68. The molecule has 0 saturated carbocycles. The van der Waals surface area contributed by atoms with E-state index in [-0.39, 0.29) is 5.69 Å². The molecule has 0 aliphatic rings. The lowest BCUT2D eigenvalue weighted by molar-refractivity contribution is -0.387. The second-order valence-electron chi connectivity index (χ2n) is 6.10. The number of carbonyl (C=O) groups excluding carboxylic acids is 1. The molecular formula is C19H22N2O6S. The van der Waals surface area contributed by atoms with E-state index in [0.717, 1.165) is 37.8 Å². The van der Waals surface area contributed by atoms with Crippen LogP contribution < -0.4 is 4.72 Å². The summed E-state index contributed by atoms with van der Waals surface area (Å²) < 4.78 is 32.4. The quantitative estimate of drug-likeness (QED) is 0.274. The summed E-state index contributed by atoms with van der Waals surface area (Å²) in [6.07, 6.45) is 3.98. The highest BCUT2D eigenvalue weighted by Gasteiger charge is 2.25. The number of nitrogens with zero attached hydrogens (tertiary/aromatic N) is 1. The molecule has 0 fully saturated rings. The topological polar surface area (TPSA) is 116 Å². The van der Waals surface area contributed by atoms with Gasteiger partial charge in [-0.25, -0.2) is 13.2 Å². The van der Waals surface area contributed by atoms with E-state index in [9.17, 15) is 23.3 Å². The first-order chi connectivity index (χ1) is 13.3. The molecule has 2 aromatic carbocycles. The van der Waals surface area contributed by atoms with E-state index in [2.05, 4.69) is 11.6 Å². The molecule has 0 saturated heterocycles. The van der Waals surface area contributed by atoms with E-state index in [1.165, 1.54) is 36.4 Å². The molecule has 9 heteroatoms. The normalized spacial score (nSPS) is 11.0. The fraction of sp³-hybridized carbons (Fsp3) is 0.316. The number of nitro benzene ring substituents is 1. The summed E-state index contributed by atoms with van der Waals surface area (Å²) in [4.78, 5) is 21.8. The van der Waals surface area contributed by atoms with Gasteiger partial charge in [-0.05, 0) is 36.8 Å². The zero-order valence-corrected chi connectivity index (χ0v) is 16.3. The van der Waals surface area contributed by atoms with Gasteiger partial charge in [-0.15, -0.1) is 0 Å². The predicted octanol–water partition coefficient (Wildman–Crippen LogP) is 4.13. The maximum atomic E-state index is 12.5. The number of carbonyl (C=O) groups is 1. The van der Waals surface area contributed by atoms with Gasteiger partial charge < -0.3 is 4.74 Å². The minimum Gasteiger partial charge on any atom is -0.462 e. The molecule has 28 heavy (non-hydrogen) atoms. The lowest BCUT2D eigenvalue weighted by atomic mass is 10.2. The molecule has 0 heterocycles. The van der Waals surface area contributed by atoms with Crippen LogP contribution in [0.4, 0.5) is 11.4 Å². The van der Waals surface area contributed by atoms with E-state index in [4.69, 9.17) is 4.74 Å². The van der Waals surface area contributed by atoms with E-state index in [1.807, 2.05) is 0 Å². The smallest absolute Gasteiger partial charge is 0.338 e. The van der Waals surface area contributed by atoms with Crippen molar-refractivity contribution < 1.29 is 22.9 Å². The number of rotatable bonds is 10. The molecule has 150 valence electrons. The van der Waals surface area contributed by atoms with Crippen molar-refractivity contribution in [3.63, 3.8) is 0 Å². The molecule has 0 aliphatic carbocycles. The number of nitro groups is 1. The summed E-state index contributed by atoms with van der Waals surface area (Å²) in [5, 5.41) is 11.0. The third-order valence-electron chi connectivity index (χ3n) is 3.96. The van der Waals surface area contributed by atoms with Gasteiger partial charge in [0.2, 0.25) is 0 Å². The Balaban J connectivity index is 2.04. The Hall–Kier alpha value is -2.94. The fourth-order valence-corrected chi connectivity index (χ4v) is 3.73. The molecule has 1 N–H and O–H groups in total. The van der Waals surface area contributed by atoms with E-state index < -0.39 is 31.5 Å². The van der Waals surface area contributed by atoms with Crippen LogP contribution in [0.2, 0.25) is 0 Å². The van der Waals surface area contributed by atoms with Crippen LogP contribution in [0.3, 0.4) is 0 Å². The largest absolute Gasteiger partial charge is 0.462 e. The first-order valence-electron chi connectivity index (χ1n) is 8.88. The van der Waals surface area contributed by atoms with Crippen LogP contribution in [-0.2, 0) is 14.8 Å².